The van der Waals surface area contributed by atoms with Crippen LogP contribution in [0.2, 0.25) is 5.02 Å². The van der Waals surface area contributed by atoms with E-state index in [0.717, 1.165) is 59.1 Å². The second-order valence-electron chi connectivity index (χ2n) is 8.94. The Hall–Kier alpha value is -2.53. The summed E-state index contributed by atoms with van der Waals surface area (Å²) in [6.45, 7) is 12.3. The molecule has 5 nitrogen and oxygen atoms in total. The molecule has 164 valence electrons. The van der Waals surface area contributed by atoms with Crippen LogP contribution >= 0.6 is 11.6 Å². The van der Waals surface area contributed by atoms with E-state index in [2.05, 4.69) is 43.2 Å². The average molecular weight is 440 g/mol. The fourth-order valence-electron chi connectivity index (χ4n) is 5.07. The highest BCUT2D eigenvalue weighted by atomic mass is 35.5. The van der Waals surface area contributed by atoms with Crippen LogP contribution in [0.15, 0.2) is 18.2 Å². The minimum Gasteiger partial charge on any atom is -0.481 e. The first-order chi connectivity index (χ1) is 14.7. The first-order valence-electron chi connectivity index (χ1n) is 10.9. The SMILES string of the molecule is Cc1cc(N2CCC(CC(=O)O)CC2)c2c(C)c(C)n(-c3c(C)cc(Cl)cc3C)c2n1. The Morgan fingerprint density at radius 3 is 2.29 bits per heavy atom. The number of halogens is 1. The van der Waals surface area contributed by atoms with Gasteiger partial charge in [0, 0.05) is 47.0 Å². The van der Waals surface area contributed by atoms with E-state index in [9.17, 15) is 4.79 Å². The van der Waals surface area contributed by atoms with Crippen molar-refractivity contribution in [2.45, 2.75) is 53.9 Å². The van der Waals surface area contributed by atoms with E-state index < -0.39 is 5.97 Å². The molecule has 0 aliphatic carbocycles. The van der Waals surface area contributed by atoms with Crippen LogP contribution in [0.3, 0.4) is 0 Å². The zero-order valence-electron chi connectivity index (χ0n) is 18.9. The van der Waals surface area contributed by atoms with Crippen molar-refractivity contribution in [1.29, 1.82) is 0 Å². The van der Waals surface area contributed by atoms with Crippen molar-refractivity contribution < 1.29 is 9.90 Å². The molecule has 1 fully saturated rings. The van der Waals surface area contributed by atoms with Gasteiger partial charge in [0.05, 0.1) is 5.69 Å². The van der Waals surface area contributed by atoms with E-state index in [1.807, 2.05) is 19.1 Å². The Morgan fingerprint density at radius 1 is 1.10 bits per heavy atom. The van der Waals surface area contributed by atoms with Gasteiger partial charge in [0.15, 0.2) is 0 Å². The number of pyridine rings is 1. The molecule has 6 heteroatoms. The minimum absolute atomic E-state index is 0.263. The van der Waals surface area contributed by atoms with E-state index in [-0.39, 0.29) is 12.3 Å². The van der Waals surface area contributed by atoms with E-state index in [1.54, 1.807) is 0 Å². The average Bonchev–Trinajstić information content (AvgIpc) is 2.92. The summed E-state index contributed by atoms with van der Waals surface area (Å²) >= 11 is 6.30. The van der Waals surface area contributed by atoms with Gasteiger partial charge in [0.2, 0.25) is 0 Å². The molecule has 0 atom stereocenters. The van der Waals surface area contributed by atoms with Gasteiger partial charge in [-0.3, -0.25) is 9.36 Å². The molecule has 0 bridgehead atoms. The van der Waals surface area contributed by atoms with Crippen LogP contribution in [-0.4, -0.2) is 33.7 Å². The van der Waals surface area contributed by atoms with E-state index in [0.29, 0.717) is 0 Å². The summed E-state index contributed by atoms with van der Waals surface area (Å²) in [6, 6.07) is 6.20. The van der Waals surface area contributed by atoms with Crippen molar-refractivity contribution in [3.05, 3.63) is 51.3 Å². The minimum atomic E-state index is -0.696. The first kappa shape index (κ1) is 21.7. The third-order valence-electron chi connectivity index (χ3n) is 6.67. The van der Waals surface area contributed by atoms with Gasteiger partial charge >= 0.3 is 5.97 Å². The molecule has 0 saturated carbocycles. The summed E-state index contributed by atoms with van der Waals surface area (Å²) in [6.07, 6.45) is 2.08. The molecule has 3 aromatic rings. The molecule has 3 heterocycles. The monoisotopic (exact) mass is 439 g/mol. The van der Waals surface area contributed by atoms with Gasteiger partial charge in [0.1, 0.15) is 5.65 Å². The highest BCUT2D eigenvalue weighted by Gasteiger charge is 2.26. The molecule has 31 heavy (non-hydrogen) atoms. The van der Waals surface area contributed by atoms with Crippen molar-refractivity contribution in [2.75, 3.05) is 18.0 Å². The van der Waals surface area contributed by atoms with Crippen LogP contribution in [-0.2, 0) is 4.79 Å². The molecule has 0 spiro atoms. The number of benzene rings is 1. The summed E-state index contributed by atoms with van der Waals surface area (Å²) in [5.41, 5.74) is 8.99. The molecule has 1 aliphatic rings. The van der Waals surface area contributed by atoms with Gasteiger partial charge in [-0.25, -0.2) is 4.98 Å². The van der Waals surface area contributed by atoms with Gasteiger partial charge in [0.25, 0.3) is 0 Å². The van der Waals surface area contributed by atoms with Crippen LogP contribution in [0.1, 0.15) is 47.3 Å². The number of aryl methyl sites for hydroxylation is 4. The van der Waals surface area contributed by atoms with E-state index >= 15 is 0 Å². The van der Waals surface area contributed by atoms with Crippen LogP contribution in [0, 0.1) is 40.5 Å². The largest absolute Gasteiger partial charge is 0.481 e. The predicted molar refractivity (Wildman–Crippen MR) is 127 cm³/mol. The standard InChI is InChI=1S/C25H30ClN3O2/c1-14-10-20(26)11-15(2)24(14)29-18(5)17(4)23-21(12-16(3)27-25(23)29)28-8-6-19(7-9-28)13-22(30)31/h10-12,19H,6-9,13H2,1-5H3,(H,30,31). The summed E-state index contributed by atoms with van der Waals surface area (Å²) < 4.78 is 2.28. The Kier molecular flexibility index (Phi) is 5.73. The molecular formula is C25H30ClN3O2. The normalized spacial score (nSPS) is 15.1. The number of carbonyl (C=O) groups is 1. The van der Waals surface area contributed by atoms with E-state index in [4.69, 9.17) is 21.7 Å². The number of carboxylic acid groups (broad SMARTS) is 1. The highest BCUT2D eigenvalue weighted by Crippen LogP contribution is 2.38. The maximum Gasteiger partial charge on any atom is 0.303 e. The second-order valence-corrected chi connectivity index (χ2v) is 9.38. The van der Waals surface area contributed by atoms with Crippen molar-refractivity contribution in [1.82, 2.24) is 9.55 Å². The lowest BCUT2D eigenvalue weighted by Gasteiger charge is -2.33. The van der Waals surface area contributed by atoms with Crippen molar-refractivity contribution >= 4 is 34.3 Å². The number of hydrogen-bond acceptors (Lipinski definition) is 3. The second kappa shape index (κ2) is 8.19. The van der Waals surface area contributed by atoms with Crippen LogP contribution in [0.5, 0.6) is 0 Å². The Morgan fingerprint density at radius 2 is 1.71 bits per heavy atom. The number of fused-ring (bicyclic) bond motifs is 1. The number of aromatic nitrogens is 2. The number of aliphatic carboxylic acids is 1. The molecule has 1 saturated heterocycles. The number of rotatable bonds is 4. The molecule has 4 rings (SSSR count). The topological polar surface area (TPSA) is 58.4 Å². The fourth-order valence-corrected chi connectivity index (χ4v) is 5.40. The molecular weight excluding hydrogens is 410 g/mol. The van der Waals surface area contributed by atoms with Gasteiger partial charge < -0.3 is 10.0 Å². The van der Waals surface area contributed by atoms with Gasteiger partial charge in [-0.05, 0) is 88.3 Å². The Balaban J connectivity index is 1.84. The highest BCUT2D eigenvalue weighted by molar-refractivity contribution is 6.30. The maximum atomic E-state index is 11.1. The van der Waals surface area contributed by atoms with Gasteiger partial charge in [-0.1, -0.05) is 11.6 Å². The molecule has 0 unspecified atom stereocenters. The quantitative estimate of drug-likeness (QED) is 0.548. The number of piperidine rings is 1. The first-order valence-corrected chi connectivity index (χ1v) is 11.3. The van der Waals surface area contributed by atoms with Gasteiger partial charge in [-0.15, -0.1) is 0 Å². The van der Waals surface area contributed by atoms with Crippen molar-refractivity contribution in [3.8, 4) is 5.69 Å². The van der Waals surface area contributed by atoms with Crippen LogP contribution in [0.25, 0.3) is 16.7 Å². The summed E-state index contributed by atoms with van der Waals surface area (Å²) in [4.78, 5) is 18.5. The third kappa shape index (κ3) is 3.91. The van der Waals surface area contributed by atoms with Gasteiger partial charge in [-0.2, -0.15) is 0 Å². The van der Waals surface area contributed by atoms with Crippen molar-refractivity contribution in [3.63, 3.8) is 0 Å². The zero-order chi connectivity index (χ0) is 22.4. The number of nitrogens with zero attached hydrogens (tertiary/aromatic N) is 3. The summed E-state index contributed by atoms with van der Waals surface area (Å²) in [5, 5.41) is 11.1. The third-order valence-corrected chi connectivity index (χ3v) is 6.89. The molecule has 0 radical (unpaired) electrons. The lowest BCUT2D eigenvalue weighted by atomic mass is 9.93. The number of hydrogen-bond donors (Lipinski definition) is 1. The van der Waals surface area contributed by atoms with Crippen molar-refractivity contribution in [2.24, 2.45) is 5.92 Å². The molecule has 1 aliphatic heterocycles. The number of anilines is 1. The summed E-state index contributed by atoms with van der Waals surface area (Å²) in [7, 11) is 0. The van der Waals surface area contributed by atoms with E-state index in [1.165, 1.54) is 22.3 Å². The Bertz CT molecular complexity index is 1150. The van der Waals surface area contributed by atoms with Crippen LogP contribution in [0.4, 0.5) is 5.69 Å². The molecule has 1 aromatic carbocycles. The molecule has 1 N–H and O–H groups in total. The zero-order valence-corrected chi connectivity index (χ0v) is 19.7. The molecule has 0 amide bonds. The summed E-state index contributed by atoms with van der Waals surface area (Å²) in [5.74, 6) is -0.434. The lowest BCUT2D eigenvalue weighted by Crippen LogP contribution is -2.34. The number of carboxylic acids is 1. The lowest BCUT2D eigenvalue weighted by molar-refractivity contribution is -0.138. The van der Waals surface area contributed by atoms with Crippen LogP contribution < -0.4 is 4.90 Å². The predicted octanol–water partition coefficient (Wildman–Crippen LogP) is 5.91. The fraction of sp³-hybridized carbons (Fsp3) is 0.440. The molecule has 2 aromatic heterocycles. The Labute approximate surface area is 188 Å². The maximum absolute atomic E-state index is 11.1. The smallest absolute Gasteiger partial charge is 0.303 e.